The molecule has 1 aliphatic rings. The van der Waals surface area contributed by atoms with Crippen molar-refractivity contribution in [1.82, 2.24) is 10.2 Å². The lowest BCUT2D eigenvalue weighted by molar-refractivity contribution is -0.0503. The van der Waals surface area contributed by atoms with Crippen LogP contribution in [0.25, 0.3) is 0 Å². The quantitative estimate of drug-likeness (QED) is 0.812. The Morgan fingerprint density at radius 1 is 1.42 bits per heavy atom. The number of alkyl halides is 2. The zero-order valence-electron chi connectivity index (χ0n) is 13.4. The number of amides is 1. The summed E-state index contributed by atoms with van der Waals surface area (Å²) in [5.74, 6) is 0.0874. The SMILES string of the molecule is CCNCC1CCN(C(=O)c2cc(Cl)ccc2OC(F)F)CC1.Cl. The predicted molar refractivity (Wildman–Crippen MR) is 92.5 cm³/mol. The number of hydrogen-bond acceptors (Lipinski definition) is 3. The molecule has 136 valence electrons. The van der Waals surface area contributed by atoms with Crippen molar-refractivity contribution < 1.29 is 18.3 Å². The van der Waals surface area contributed by atoms with E-state index in [1.165, 1.54) is 18.2 Å². The number of likely N-dealkylation sites (tertiary alicyclic amines) is 1. The fourth-order valence-electron chi connectivity index (χ4n) is 2.73. The van der Waals surface area contributed by atoms with E-state index in [1.807, 2.05) is 0 Å². The Labute approximate surface area is 151 Å². The second kappa shape index (κ2) is 10.0. The summed E-state index contributed by atoms with van der Waals surface area (Å²) in [7, 11) is 0. The number of ether oxygens (including phenoxy) is 1. The van der Waals surface area contributed by atoms with Crippen molar-refractivity contribution in [3.63, 3.8) is 0 Å². The first-order valence-electron chi connectivity index (χ1n) is 7.75. The van der Waals surface area contributed by atoms with Crippen molar-refractivity contribution in [1.29, 1.82) is 0 Å². The topological polar surface area (TPSA) is 41.6 Å². The van der Waals surface area contributed by atoms with Crippen LogP contribution in [0.4, 0.5) is 8.78 Å². The molecule has 1 N–H and O–H groups in total. The molecule has 24 heavy (non-hydrogen) atoms. The predicted octanol–water partition coefficient (Wildman–Crippen LogP) is 3.82. The number of carbonyl (C=O) groups excluding carboxylic acids is 1. The molecule has 1 fully saturated rings. The fraction of sp³-hybridized carbons (Fsp3) is 0.562. The van der Waals surface area contributed by atoms with Gasteiger partial charge in [0.1, 0.15) is 5.75 Å². The number of carbonyl (C=O) groups is 1. The van der Waals surface area contributed by atoms with E-state index >= 15 is 0 Å². The van der Waals surface area contributed by atoms with Gasteiger partial charge in [-0.05, 0) is 50.0 Å². The molecule has 8 heteroatoms. The van der Waals surface area contributed by atoms with Crippen LogP contribution in [0.2, 0.25) is 5.02 Å². The first-order valence-corrected chi connectivity index (χ1v) is 8.13. The molecule has 0 aromatic heterocycles. The van der Waals surface area contributed by atoms with Gasteiger partial charge >= 0.3 is 6.61 Å². The van der Waals surface area contributed by atoms with Crippen LogP contribution in [0.15, 0.2) is 18.2 Å². The van der Waals surface area contributed by atoms with Gasteiger partial charge in [0.05, 0.1) is 5.56 Å². The average molecular weight is 383 g/mol. The second-order valence-corrected chi connectivity index (χ2v) is 6.00. The molecule has 1 heterocycles. The second-order valence-electron chi connectivity index (χ2n) is 5.56. The molecular formula is C16H22Cl2F2N2O2. The van der Waals surface area contributed by atoms with E-state index in [9.17, 15) is 13.6 Å². The lowest BCUT2D eigenvalue weighted by Gasteiger charge is -2.32. The minimum absolute atomic E-state index is 0. The van der Waals surface area contributed by atoms with Gasteiger partial charge in [-0.25, -0.2) is 0 Å². The van der Waals surface area contributed by atoms with E-state index in [4.69, 9.17) is 11.6 Å². The van der Waals surface area contributed by atoms with Crippen LogP contribution < -0.4 is 10.1 Å². The number of hydrogen-bond donors (Lipinski definition) is 1. The van der Waals surface area contributed by atoms with Crippen LogP contribution >= 0.6 is 24.0 Å². The molecule has 0 spiro atoms. The van der Waals surface area contributed by atoms with Crippen molar-refractivity contribution in [2.24, 2.45) is 5.92 Å². The number of benzene rings is 1. The highest BCUT2D eigenvalue weighted by molar-refractivity contribution is 6.31. The summed E-state index contributed by atoms with van der Waals surface area (Å²) in [6, 6.07) is 4.12. The number of nitrogens with one attached hydrogen (secondary N) is 1. The molecular weight excluding hydrogens is 361 g/mol. The van der Waals surface area contributed by atoms with E-state index in [1.54, 1.807) is 4.90 Å². The van der Waals surface area contributed by atoms with Crippen LogP contribution in [-0.2, 0) is 0 Å². The van der Waals surface area contributed by atoms with E-state index in [0.717, 1.165) is 25.9 Å². The normalized spacial score (nSPS) is 15.3. The molecule has 0 atom stereocenters. The summed E-state index contributed by atoms with van der Waals surface area (Å²) < 4.78 is 29.4. The van der Waals surface area contributed by atoms with Gasteiger partial charge in [-0.2, -0.15) is 8.78 Å². The zero-order valence-corrected chi connectivity index (χ0v) is 15.0. The molecule has 1 amide bonds. The largest absolute Gasteiger partial charge is 0.434 e. The standard InChI is InChI=1S/C16H21ClF2N2O2.ClH/c1-2-20-10-11-5-7-21(8-6-11)15(22)13-9-12(17)3-4-14(13)23-16(18)19;/h3-4,9,11,16,20H,2,5-8,10H2,1H3;1H. The minimum atomic E-state index is -2.98. The van der Waals surface area contributed by atoms with Gasteiger partial charge in [0, 0.05) is 18.1 Å². The Morgan fingerprint density at radius 3 is 2.67 bits per heavy atom. The number of nitrogens with zero attached hydrogens (tertiary/aromatic N) is 1. The third kappa shape index (κ3) is 5.76. The molecule has 0 bridgehead atoms. The van der Waals surface area contributed by atoms with Crippen molar-refractivity contribution in [3.05, 3.63) is 28.8 Å². The van der Waals surface area contributed by atoms with Crippen LogP contribution in [-0.4, -0.2) is 43.6 Å². The van der Waals surface area contributed by atoms with Crippen LogP contribution in [0.5, 0.6) is 5.75 Å². The van der Waals surface area contributed by atoms with Crippen LogP contribution in [0.1, 0.15) is 30.1 Å². The monoisotopic (exact) mass is 382 g/mol. The fourth-order valence-corrected chi connectivity index (χ4v) is 2.90. The Bertz CT molecular complexity index is 539. The molecule has 0 saturated carbocycles. The van der Waals surface area contributed by atoms with E-state index in [2.05, 4.69) is 17.0 Å². The summed E-state index contributed by atoms with van der Waals surface area (Å²) in [5, 5.41) is 3.62. The smallest absolute Gasteiger partial charge is 0.387 e. The van der Waals surface area contributed by atoms with E-state index < -0.39 is 6.61 Å². The van der Waals surface area contributed by atoms with Gasteiger partial charge in [0.15, 0.2) is 0 Å². The molecule has 0 aliphatic carbocycles. The number of halogens is 4. The Balaban J connectivity index is 0.00000288. The Kier molecular flexibility index (Phi) is 8.73. The average Bonchev–Trinajstić information content (AvgIpc) is 2.54. The van der Waals surface area contributed by atoms with Gasteiger partial charge < -0.3 is 15.0 Å². The van der Waals surface area contributed by atoms with Gasteiger partial charge in [-0.15, -0.1) is 12.4 Å². The van der Waals surface area contributed by atoms with E-state index in [-0.39, 0.29) is 29.6 Å². The maximum Gasteiger partial charge on any atom is 0.387 e. The molecule has 1 saturated heterocycles. The summed E-state index contributed by atoms with van der Waals surface area (Å²) in [5.41, 5.74) is 0.0860. The van der Waals surface area contributed by atoms with Gasteiger partial charge in [0.25, 0.3) is 5.91 Å². The highest BCUT2D eigenvalue weighted by Crippen LogP contribution is 2.27. The minimum Gasteiger partial charge on any atom is -0.434 e. The molecule has 1 aromatic rings. The van der Waals surface area contributed by atoms with Gasteiger partial charge in [0.2, 0.25) is 0 Å². The lowest BCUT2D eigenvalue weighted by Crippen LogP contribution is -2.41. The molecule has 0 radical (unpaired) electrons. The number of piperidine rings is 1. The van der Waals surface area contributed by atoms with Crippen molar-refractivity contribution in [3.8, 4) is 5.75 Å². The van der Waals surface area contributed by atoms with Crippen LogP contribution in [0, 0.1) is 5.92 Å². The summed E-state index contributed by atoms with van der Waals surface area (Å²) in [4.78, 5) is 14.3. The Morgan fingerprint density at radius 2 is 2.08 bits per heavy atom. The third-order valence-corrected chi connectivity index (χ3v) is 4.21. The maximum absolute atomic E-state index is 12.6. The first kappa shape index (κ1) is 20.9. The summed E-state index contributed by atoms with van der Waals surface area (Å²) >= 11 is 5.89. The first-order chi connectivity index (χ1) is 11.0. The van der Waals surface area contributed by atoms with Crippen LogP contribution in [0.3, 0.4) is 0 Å². The van der Waals surface area contributed by atoms with E-state index in [0.29, 0.717) is 24.0 Å². The third-order valence-electron chi connectivity index (χ3n) is 3.97. The van der Waals surface area contributed by atoms with Gasteiger partial charge in [-0.1, -0.05) is 18.5 Å². The highest BCUT2D eigenvalue weighted by atomic mass is 35.5. The van der Waals surface area contributed by atoms with Gasteiger partial charge in [-0.3, -0.25) is 4.79 Å². The summed E-state index contributed by atoms with van der Waals surface area (Å²) in [6.07, 6.45) is 1.79. The molecule has 4 nitrogen and oxygen atoms in total. The molecule has 1 aromatic carbocycles. The molecule has 0 unspecified atom stereocenters. The maximum atomic E-state index is 12.6. The van der Waals surface area contributed by atoms with Crippen molar-refractivity contribution in [2.45, 2.75) is 26.4 Å². The van der Waals surface area contributed by atoms with Crippen molar-refractivity contribution >= 4 is 29.9 Å². The molecule has 1 aliphatic heterocycles. The zero-order chi connectivity index (χ0) is 16.8. The van der Waals surface area contributed by atoms with Crippen molar-refractivity contribution in [2.75, 3.05) is 26.2 Å². The summed E-state index contributed by atoms with van der Waals surface area (Å²) in [6.45, 7) is 2.16. The lowest BCUT2D eigenvalue weighted by atomic mass is 9.96. The molecule has 2 rings (SSSR count). The number of rotatable bonds is 6. The Hall–Kier alpha value is -1.11. The highest BCUT2D eigenvalue weighted by Gasteiger charge is 2.26.